The van der Waals surface area contributed by atoms with Gasteiger partial charge in [0.15, 0.2) is 9.84 Å². The number of benzene rings is 1. The summed E-state index contributed by atoms with van der Waals surface area (Å²) < 4.78 is 49.3. The first-order chi connectivity index (χ1) is 9.60. The van der Waals surface area contributed by atoms with E-state index in [1.165, 1.54) is 28.6 Å². The van der Waals surface area contributed by atoms with Gasteiger partial charge < -0.3 is 5.73 Å². The number of nitrogens with two attached hydrogens (primary N) is 1. The lowest BCUT2D eigenvalue weighted by Crippen LogP contribution is -2.48. The number of nitrogens with zero attached hydrogens (tertiary/aromatic N) is 1. The largest absolute Gasteiger partial charge is 0.326 e. The molecule has 1 aliphatic rings. The van der Waals surface area contributed by atoms with Gasteiger partial charge in [0.1, 0.15) is 0 Å². The van der Waals surface area contributed by atoms with E-state index < -0.39 is 19.9 Å². The van der Waals surface area contributed by atoms with Crippen molar-refractivity contribution in [2.75, 3.05) is 19.3 Å². The topological polar surface area (TPSA) is 97.5 Å². The summed E-state index contributed by atoms with van der Waals surface area (Å²) in [6.45, 7) is 2.69. The Morgan fingerprint density at radius 1 is 1.05 bits per heavy atom. The first kappa shape index (κ1) is 16.4. The Balaban J connectivity index is 2.31. The Kier molecular flexibility index (Phi) is 4.44. The zero-order valence-electron chi connectivity index (χ0n) is 12.1. The van der Waals surface area contributed by atoms with Gasteiger partial charge in [-0.05, 0) is 36.6 Å². The molecule has 1 heterocycles. The molecule has 2 rings (SSSR count). The van der Waals surface area contributed by atoms with Crippen molar-refractivity contribution in [3.05, 3.63) is 24.3 Å². The number of sulfone groups is 1. The molecule has 1 aromatic rings. The van der Waals surface area contributed by atoms with Crippen molar-refractivity contribution >= 4 is 19.9 Å². The van der Waals surface area contributed by atoms with Crippen LogP contribution in [0.25, 0.3) is 0 Å². The third-order valence-corrected chi connectivity index (χ3v) is 6.52. The van der Waals surface area contributed by atoms with Crippen molar-refractivity contribution < 1.29 is 16.8 Å². The van der Waals surface area contributed by atoms with Gasteiger partial charge in [0, 0.05) is 25.4 Å². The van der Waals surface area contributed by atoms with Crippen molar-refractivity contribution in [3.63, 3.8) is 0 Å². The third-order valence-electron chi connectivity index (χ3n) is 3.55. The summed E-state index contributed by atoms with van der Waals surface area (Å²) in [6.07, 6.45) is 1.89. The van der Waals surface area contributed by atoms with E-state index in [4.69, 9.17) is 5.73 Å². The average Bonchev–Trinajstić information content (AvgIpc) is 2.36. The Morgan fingerprint density at radius 3 is 2.05 bits per heavy atom. The van der Waals surface area contributed by atoms with E-state index >= 15 is 0 Å². The number of hydrogen-bond donors (Lipinski definition) is 1. The molecule has 2 atom stereocenters. The number of rotatable bonds is 3. The van der Waals surface area contributed by atoms with Gasteiger partial charge in [-0.25, -0.2) is 16.8 Å². The molecular formula is C13H20N2O4S2. The highest BCUT2D eigenvalue weighted by Crippen LogP contribution is 2.24. The second kappa shape index (κ2) is 5.68. The molecule has 0 amide bonds. The molecule has 0 radical (unpaired) electrons. The van der Waals surface area contributed by atoms with E-state index in [9.17, 15) is 16.8 Å². The van der Waals surface area contributed by atoms with Gasteiger partial charge in [0.25, 0.3) is 0 Å². The molecule has 1 fully saturated rings. The average molecular weight is 332 g/mol. The molecule has 0 saturated carbocycles. The minimum absolute atomic E-state index is 0.0937. The standard InChI is InChI=1S/C13H20N2O4S2/c1-10-7-11(14)9-15(8-10)21(18,19)13-5-3-12(4-6-13)20(2,16)17/h3-6,10-11H,7-9,14H2,1-2H3. The molecule has 8 heteroatoms. The molecule has 0 spiro atoms. The summed E-state index contributed by atoms with van der Waals surface area (Å²) in [4.78, 5) is 0.196. The van der Waals surface area contributed by atoms with Crippen LogP contribution in [0.15, 0.2) is 34.1 Å². The predicted octanol–water partition coefficient (Wildman–Crippen LogP) is 0.448. The van der Waals surface area contributed by atoms with Crippen LogP contribution in [0.4, 0.5) is 0 Å². The maximum absolute atomic E-state index is 12.6. The summed E-state index contributed by atoms with van der Waals surface area (Å²) in [5, 5.41) is 0. The first-order valence-corrected chi connectivity index (χ1v) is 9.99. The van der Waals surface area contributed by atoms with Crippen molar-refractivity contribution in [3.8, 4) is 0 Å². The molecule has 0 aliphatic carbocycles. The molecule has 0 bridgehead atoms. The molecule has 6 nitrogen and oxygen atoms in total. The quantitative estimate of drug-likeness (QED) is 0.866. The normalized spacial score (nSPS) is 24.9. The van der Waals surface area contributed by atoms with E-state index in [1.54, 1.807) is 0 Å². The Bertz CT molecular complexity index is 701. The van der Waals surface area contributed by atoms with Gasteiger partial charge in [-0.2, -0.15) is 4.31 Å². The van der Waals surface area contributed by atoms with Gasteiger partial charge in [-0.3, -0.25) is 0 Å². The fourth-order valence-corrected chi connectivity index (χ4v) is 4.80. The lowest BCUT2D eigenvalue weighted by molar-refractivity contribution is 0.254. The second-order valence-electron chi connectivity index (χ2n) is 5.67. The van der Waals surface area contributed by atoms with Gasteiger partial charge in [0.2, 0.25) is 10.0 Å². The monoisotopic (exact) mass is 332 g/mol. The second-order valence-corrected chi connectivity index (χ2v) is 9.62. The van der Waals surface area contributed by atoms with Gasteiger partial charge in [-0.1, -0.05) is 6.92 Å². The highest BCUT2D eigenvalue weighted by Gasteiger charge is 2.31. The third kappa shape index (κ3) is 3.63. The van der Waals surface area contributed by atoms with E-state index in [2.05, 4.69) is 0 Å². The maximum Gasteiger partial charge on any atom is 0.243 e. The Labute approximate surface area is 125 Å². The summed E-state index contributed by atoms with van der Waals surface area (Å²) in [5.41, 5.74) is 5.89. The Hall–Kier alpha value is -0.960. The lowest BCUT2D eigenvalue weighted by Gasteiger charge is -2.33. The van der Waals surface area contributed by atoms with E-state index in [0.717, 1.165) is 12.7 Å². The zero-order chi connectivity index (χ0) is 15.8. The van der Waals surface area contributed by atoms with Crippen LogP contribution < -0.4 is 5.73 Å². The van der Waals surface area contributed by atoms with Crippen molar-refractivity contribution in [1.82, 2.24) is 4.31 Å². The van der Waals surface area contributed by atoms with Crippen LogP contribution in [0.3, 0.4) is 0 Å². The maximum atomic E-state index is 12.6. The van der Waals surface area contributed by atoms with Crippen LogP contribution >= 0.6 is 0 Å². The van der Waals surface area contributed by atoms with Crippen LogP contribution in [0.1, 0.15) is 13.3 Å². The summed E-state index contributed by atoms with van der Waals surface area (Å²) in [7, 11) is -6.97. The van der Waals surface area contributed by atoms with Crippen molar-refractivity contribution in [2.24, 2.45) is 11.7 Å². The number of piperidine rings is 1. The fourth-order valence-electron chi connectivity index (χ4n) is 2.55. The predicted molar refractivity (Wildman–Crippen MR) is 80.1 cm³/mol. The van der Waals surface area contributed by atoms with E-state index in [1.807, 2.05) is 6.92 Å². The highest BCUT2D eigenvalue weighted by molar-refractivity contribution is 7.90. The van der Waals surface area contributed by atoms with Crippen molar-refractivity contribution in [1.29, 1.82) is 0 Å². The molecule has 21 heavy (non-hydrogen) atoms. The molecule has 1 aromatic carbocycles. The van der Waals surface area contributed by atoms with E-state index in [0.29, 0.717) is 13.1 Å². The van der Waals surface area contributed by atoms with Gasteiger partial charge in [0.05, 0.1) is 9.79 Å². The molecule has 0 aromatic heterocycles. The SMILES string of the molecule is CC1CC(N)CN(S(=O)(=O)c2ccc(S(C)(=O)=O)cc2)C1. The van der Waals surface area contributed by atoms with Crippen LogP contribution in [0.2, 0.25) is 0 Å². The van der Waals surface area contributed by atoms with Crippen LogP contribution in [0.5, 0.6) is 0 Å². The summed E-state index contributed by atoms with van der Waals surface area (Å²) in [5.74, 6) is 0.207. The molecule has 1 saturated heterocycles. The van der Waals surface area contributed by atoms with Crippen LogP contribution in [0, 0.1) is 5.92 Å². The molecule has 118 valence electrons. The molecular weight excluding hydrogens is 312 g/mol. The van der Waals surface area contributed by atoms with Gasteiger partial charge in [-0.15, -0.1) is 0 Å². The molecule has 1 aliphatic heterocycles. The summed E-state index contributed by atoms with van der Waals surface area (Å²) in [6, 6.07) is 5.12. The van der Waals surface area contributed by atoms with Crippen molar-refractivity contribution in [2.45, 2.75) is 29.2 Å². The van der Waals surface area contributed by atoms with E-state index in [-0.39, 0.29) is 21.8 Å². The minimum atomic E-state index is -3.63. The first-order valence-electron chi connectivity index (χ1n) is 6.66. The molecule has 2 unspecified atom stereocenters. The zero-order valence-corrected chi connectivity index (χ0v) is 13.7. The molecule has 2 N–H and O–H groups in total. The van der Waals surface area contributed by atoms with Crippen LogP contribution in [-0.2, 0) is 19.9 Å². The number of hydrogen-bond acceptors (Lipinski definition) is 5. The smallest absolute Gasteiger partial charge is 0.243 e. The number of sulfonamides is 1. The minimum Gasteiger partial charge on any atom is -0.326 e. The lowest BCUT2D eigenvalue weighted by atomic mass is 9.99. The highest BCUT2D eigenvalue weighted by atomic mass is 32.2. The Morgan fingerprint density at radius 2 is 1.57 bits per heavy atom. The van der Waals surface area contributed by atoms with Gasteiger partial charge >= 0.3 is 0 Å². The van der Waals surface area contributed by atoms with Crippen LogP contribution in [-0.4, -0.2) is 46.5 Å². The summed E-state index contributed by atoms with van der Waals surface area (Å²) >= 11 is 0. The fraction of sp³-hybridized carbons (Fsp3) is 0.538.